The van der Waals surface area contributed by atoms with Crippen LogP contribution in [0.5, 0.6) is 5.88 Å². The molecule has 0 aromatic carbocycles. The molecule has 0 radical (unpaired) electrons. The van der Waals surface area contributed by atoms with Crippen LogP contribution in [-0.4, -0.2) is 34.5 Å². The molecule has 2 heterocycles. The zero-order chi connectivity index (χ0) is 20.1. The first-order chi connectivity index (χ1) is 13.3. The molecule has 0 aliphatic heterocycles. The zero-order valence-electron chi connectivity index (χ0n) is 14.7. The molecule has 0 unspecified atom stereocenters. The Morgan fingerprint density at radius 1 is 1.11 bits per heavy atom. The summed E-state index contributed by atoms with van der Waals surface area (Å²) in [4.78, 5) is 20.0. The highest BCUT2D eigenvalue weighted by Gasteiger charge is 2.34. The second-order valence-corrected chi connectivity index (χ2v) is 6.42. The summed E-state index contributed by atoms with van der Waals surface area (Å²) in [5, 5.41) is 5.66. The van der Waals surface area contributed by atoms with E-state index in [2.05, 4.69) is 25.3 Å². The number of anilines is 2. The number of hydrogen-bond acceptors (Lipinski definition) is 5. The highest BCUT2D eigenvalue weighted by molar-refractivity contribution is 6.04. The van der Waals surface area contributed by atoms with Gasteiger partial charge >= 0.3 is 6.61 Å². The lowest BCUT2D eigenvalue weighted by Gasteiger charge is -2.29. The van der Waals surface area contributed by atoms with E-state index in [1.165, 1.54) is 24.5 Å². The number of pyridine rings is 2. The number of alkyl halides is 4. The van der Waals surface area contributed by atoms with Gasteiger partial charge in [0.15, 0.2) is 0 Å². The van der Waals surface area contributed by atoms with Crippen LogP contribution >= 0.6 is 0 Å². The molecule has 0 atom stereocenters. The average Bonchev–Trinajstić information content (AvgIpc) is 2.65. The third-order valence-corrected chi connectivity index (χ3v) is 4.30. The van der Waals surface area contributed by atoms with Crippen LogP contribution < -0.4 is 15.4 Å². The third kappa shape index (κ3) is 5.54. The van der Waals surface area contributed by atoms with Crippen molar-refractivity contribution < 1.29 is 27.1 Å². The monoisotopic (exact) mass is 398 g/mol. The van der Waals surface area contributed by atoms with E-state index >= 15 is 0 Å². The number of carbonyl (C=O) groups is 1. The summed E-state index contributed by atoms with van der Waals surface area (Å²) in [6, 6.07) is 5.65. The van der Waals surface area contributed by atoms with Gasteiger partial charge < -0.3 is 15.4 Å². The number of hydrogen-bond donors (Lipinski definition) is 2. The number of rotatable bonds is 6. The summed E-state index contributed by atoms with van der Waals surface area (Å²) < 4.78 is 54.7. The number of nitrogens with one attached hydrogen (secondary N) is 2. The number of amides is 1. The highest BCUT2D eigenvalue weighted by Crippen LogP contribution is 2.34. The fraction of sp³-hybridized carbons (Fsp3) is 0.389. The average molecular weight is 398 g/mol. The molecular formula is C18H18F4N4O2. The Kier molecular flexibility index (Phi) is 5.96. The quantitative estimate of drug-likeness (QED) is 0.709. The molecule has 0 spiro atoms. The smallest absolute Gasteiger partial charge is 0.388 e. The summed E-state index contributed by atoms with van der Waals surface area (Å²) in [6.07, 6.45) is 2.96. The van der Waals surface area contributed by atoms with Gasteiger partial charge in [0, 0.05) is 31.1 Å². The summed E-state index contributed by atoms with van der Waals surface area (Å²) in [7, 11) is 0. The minimum Gasteiger partial charge on any atom is -0.417 e. The maximum absolute atomic E-state index is 13.2. The lowest BCUT2D eigenvalue weighted by Crippen LogP contribution is -2.32. The van der Waals surface area contributed by atoms with Gasteiger partial charge in [0.25, 0.3) is 5.91 Å². The van der Waals surface area contributed by atoms with Crippen molar-refractivity contribution in [3.8, 4) is 5.88 Å². The summed E-state index contributed by atoms with van der Waals surface area (Å²) >= 11 is 0. The van der Waals surface area contributed by atoms with Gasteiger partial charge in [-0.2, -0.15) is 8.78 Å². The number of aromatic nitrogens is 2. The largest absolute Gasteiger partial charge is 0.417 e. The lowest BCUT2D eigenvalue weighted by atomic mass is 9.92. The molecule has 6 nitrogen and oxygen atoms in total. The van der Waals surface area contributed by atoms with Crippen LogP contribution in [0.3, 0.4) is 0 Å². The number of carbonyl (C=O) groups excluding carboxylic acids is 1. The van der Waals surface area contributed by atoms with E-state index in [0.29, 0.717) is 24.3 Å². The predicted octanol–water partition coefficient (Wildman–Crippen LogP) is 4.32. The Hall–Kier alpha value is -2.91. The van der Waals surface area contributed by atoms with Gasteiger partial charge in [-0.05, 0) is 31.0 Å². The molecule has 0 bridgehead atoms. The standard InChI is InChI=1S/C18H18F4N4O2/c19-17(20)28-15-4-2-13(10-24-15)26-16(27)11-1-3-14(23-9-11)25-12-5-7-18(21,22)8-6-12/h1-4,9-10,12,17H,5-8H2,(H,23,25)(H,26,27). The second-order valence-electron chi connectivity index (χ2n) is 6.42. The maximum atomic E-state index is 13.2. The molecule has 1 saturated carbocycles. The van der Waals surface area contributed by atoms with Crippen LogP contribution in [0.4, 0.5) is 29.1 Å². The molecule has 2 aromatic rings. The number of nitrogens with zero attached hydrogens (tertiary/aromatic N) is 2. The molecule has 2 N–H and O–H groups in total. The molecular weight excluding hydrogens is 380 g/mol. The molecule has 1 aliphatic carbocycles. The second kappa shape index (κ2) is 8.41. The minimum absolute atomic E-state index is 0.0770. The molecule has 28 heavy (non-hydrogen) atoms. The van der Waals surface area contributed by atoms with Crippen LogP contribution in [0.15, 0.2) is 36.7 Å². The highest BCUT2D eigenvalue weighted by atomic mass is 19.3. The summed E-state index contributed by atoms with van der Waals surface area (Å²) in [5.41, 5.74) is 0.575. The minimum atomic E-state index is -2.98. The molecule has 3 rings (SSSR count). The molecule has 0 saturated heterocycles. The van der Waals surface area contributed by atoms with Crippen LogP contribution in [-0.2, 0) is 0 Å². The van der Waals surface area contributed by atoms with Crippen molar-refractivity contribution in [2.45, 2.75) is 44.3 Å². The van der Waals surface area contributed by atoms with E-state index in [4.69, 9.17) is 0 Å². The van der Waals surface area contributed by atoms with Gasteiger partial charge in [0.1, 0.15) is 5.82 Å². The van der Waals surface area contributed by atoms with Crippen molar-refractivity contribution in [1.29, 1.82) is 0 Å². The Balaban J connectivity index is 1.53. The first kappa shape index (κ1) is 19.8. The number of ether oxygens (including phenoxy) is 1. The molecule has 10 heteroatoms. The van der Waals surface area contributed by atoms with Crippen molar-refractivity contribution in [3.05, 3.63) is 42.2 Å². The zero-order valence-corrected chi connectivity index (χ0v) is 14.7. The normalized spacial score (nSPS) is 16.6. The first-order valence-corrected chi connectivity index (χ1v) is 8.63. The molecule has 150 valence electrons. The van der Waals surface area contributed by atoms with E-state index in [1.54, 1.807) is 12.1 Å². The van der Waals surface area contributed by atoms with Gasteiger partial charge in [-0.1, -0.05) is 0 Å². The molecule has 1 amide bonds. The van der Waals surface area contributed by atoms with Gasteiger partial charge in [-0.15, -0.1) is 0 Å². The van der Waals surface area contributed by atoms with Crippen molar-refractivity contribution in [2.75, 3.05) is 10.6 Å². The van der Waals surface area contributed by atoms with Gasteiger partial charge in [0.2, 0.25) is 11.8 Å². The third-order valence-electron chi connectivity index (χ3n) is 4.30. The lowest BCUT2D eigenvalue weighted by molar-refractivity contribution is -0.0528. The molecule has 2 aromatic heterocycles. The van der Waals surface area contributed by atoms with E-state index in [1.807, 2.05) is 0 Å². The molecule has 1 aliphatic rings. The maximum Gasteiger partial charge on any atom is 0.388 e. The predicted molar refractivity (Wildman–Crippen MR) is 93.9 cm³/mol. The van der Waals surface area contributed by atoms with Crippen LogP contribution in [0.25, 0.3) is 0 Å². The van der Waals surface area contributed by atoms with Gasteiger partial charge in [0.05, 0.1) is 17.4 Å². The Bertz CT molecular complexity index is 790. The van der Waals surface area contributed by atoms with E-state index in [9.17, 15) is 22.4 Å². The Morgan fingerprint density at radius 3 is 2.43 bits per heavy atom. The van der Waals surface area contributed by atoms with Crippen LogP contribution in [0, 0.1) is 0 Å². The van der Waals surface area contributed by atoms with Gasteiger partial charge in [-0.25, -0.2) is 18.7 Å². The fourth-order valence-corrected chi connectivity index (χ4v) is 2.83. The Labute approximate surface area is 158 Å². The van der Waals surface area contributed by atoms with Crippen molar-refractivity contribution >= 4 is 17.4 Å². The van der Waals surface area contributed by atoms with E-state index in [0.717, 1.165) is 0 Å². The SMILES string of the molecule is O=C(Nc1ccc(OC(F)F)nc1)c1ccc(NC2CCC(F)(F)CC2)nc1. The summed E-state index contributed by atoms with van der Waals surface area (Å²) in [6.45, 7) is -2.98. The van der Waals surface area contributed by atoms with Crippen LogP contribution in [0.1, 0.15) is 36.0 Å². The van der Waals surface area contributed by atoms with E-state index < -0.39 is 18.4 Å². The van der Waals surface area contributed by atoms with Crippen molar-refractivity contribution in [1.82, 2.24) is 9.97 Å². The summed E-state index contributed by atoms with van der Waals surface area (Å²) in [5.74, 6) is -2.81. The molecule has 1 fully saturated rings. The van der Waals surface area contributed by atoms with Crippen LogP contribution in [0.2, 0.25) is 0 Å². The van der Waals surface area contributed by atoms with Crippen molar-refractivity contribution in [2.24, 2.45) is 0 Å². The number of halogens is 4. The van der Waals surface area contributed by atoms with Gasteiger partial charge in [-0.3, -0.25) is 4.79 Å². The fourth-order valence-electron chi connectivity index (χ4n) is 2.83. The van der Waals surface area contributed by atoms with E-state index in [-0.39, 0.29) is 30.3 Å². The topological polar surface area (TPSA) is 76.1 Å². The Morgan fingerprint density at radius 2 is 1.86 bits per heavy atom. The van der Waals surface area contributed by atoms with Crippen molar-refractivity contribution in [3.63, 3.8) is 0 Å². The first-order valence-electron chi connectivity index (χ1n) is 8.63.